The van der Waals surface area contributed by atoms with E-state index in [0.717, 1.165) is 17.8 Å². The van der Waals surface area contributed by atoms with E-state index in [1.807, 2.05) is 48.0 Å². The zero-order valence-corrected chi connectivity index (χ0v) is 15.8. The van der Waals surface area contributed by atoms with E-state index in [-0.39, 0.29) is 11.8 Å². The number of hydrogen-bond acceptors (Lipinski definition) is 5. The molecule has 28 heavy (non-hydrogen) atoms. The number of hydrogen-bond donors (Lipinski definition) is 1. The highest BCUT2D eigenvalue weighted by molar-refractivity contribution is 5.94. The highest BCUT2D eigenvalue weighted by Crippen LogP contribution is 2.18. The Kier molecular flexibility index (Phi) is 4.84. The number of aromatic nitrogens is 6. The van der Waals surface area contributed by atoms with Gasteiger partial charge in [0.15, 0.2) is 0 Å². The third-order valence-electron chi connectivity index (χ3n) is 4.58. The second-order valence-corrected chi connectivity index (χ2v) is 6.83. The lowest BCUT2D eigenvalue weighted by molar-refractivity contribution is 0.0939. The molecule has 8 heteroatoms. The first-order valence-corrected chi connectivity index (χ1v) is 9.14. The van der Waals surface area contributed by atoms with Crippen molar-refractivity contribution in [3.8, 4) is 11.3 Å². The summed E-state index contributed by atoms with van der Waals surface area (Å²) in [4.78, 5) is 21.5. The van der Waals surface area contributed by atoms with E-state index in [9.17, 15) is 4.79 Å². The van der Waals surface area contributed by atoms with Crippen molar-refractivity contribution in [2.75, 3.05) is 6.54 Å². The van der Waals surface area contributed by atoms with Crippen LogP contribution in [0, 0.1) is 12.8 Å². The Bertz CT molecular complexity index is 1100. The van der Waals surface area contributed by atoms with Gasteiger partial charge in [-0.1, -0.05) is 37.3 Å². The van der Waals surface area contributed by atoms with Gasteiger partial charge in [-0.3, -0.25) is 9.48 Å². The molecule has 3 aromatic heterocycles. The number of rotatable bonds is 6. The van der Waals surface area contributed by atoms with Crippen LogP contribution >= 0.6 is 0 Å². The fourth-order valence-corrected chi connectivity index (χ4v) is 3.04. The van der Waals surface area contributed by atoms with E-state index in [1.165, 1.54) is 10.8 Å². The molecule has 0 bridgehead atoms. The molecule has 3 heterocycles. The normalized spacial score (nSPS) is 12.2. The molecule has 0 saturated heterocycles. The monoisotopic (exact) mass is 375 g/mol. The van der Waals surface area contributed by atoms with Gasteiger partial charge < -0.3 is 5.32 Å². The van der Waals surface area contributed by atoms with Crippen molar-refractivity contribution < 1.29 is 4.79 Å². The van der Waals surface area contributed by atoms with Crippen LogP contribution in [-0.4, -0.2) is 41.8 Å². The number of fused-ring (bicyclic) bond motifs is 1. The Morgan fingerprint density at radius 1 is 1.18 bits per heavy atom. The molecule has 8 nitrogen and oxygen atoms in total. The molecule has 1 atom stereocenters. The molecule has 1 aromatic carbocycles. The number of carbonyl (C=O) groups is 1. The van der Waals surface area contributed by atoms with Gasteiger partial charge in [-0.05, 0) is 25.0 Å². The molecule has 1 N–H and O–H groups in total. The Morgan fingerprint density at radius 2 is 2.00 bits per heavy atom. The summed E-state index contributed by atoms with van der Waals surface area (Å²) < 4.78 is 3.40. The Balaban J connectivity index is 1.53. The highest BCUT2D eigenvalue weighted by atomic mass is 16.2. The smallest absolute Gasteiger partial charge is 0.270 e. The van der Waals surface area contributed by atoms with Crippen LogP contribution in [0.5, 0.6) is 0 Å². The fourth-order valence-electron chi connectivity index (χ4n) is 3.04. The standard InChI is InChI=1S/C20H21N7O/c1-14(12-26-15(2)8-9-23-26)11-21-19(28)18-10-17(16-6-4-3-5-7-16)25-20-22-13-24-27(18)20/h3-10,13-14H,11-12H2,1-2H3,(H,21,28). The van der Waals surface area contributed by atoms with Crippen LogP contribution < -0.4 is 5.32 Å². The lowest BCUT2D eigenvalue weighted by Gasteiger charge is -2.14. The van der Waals surface area contributed by atoms with Crippen molar-refractivity contribution in [1.29, 1.82) is 0 Å². The van der Waals surface area contributed by atoms with Crippen LogP contribution in [0.15, 0.2) is 55.0 Å². The highest BCUT2D eigenvalue weighted by Gasteiger charge is 2.16. The first-order valence-electron chi connectivity index (χ1n) is 9.14. The zero-order valence-electron chi connectivity index (χ0n) is 15.8. The Morgan fingerprint density at radius 3 is 2.75 bits per heavy atom. The molecule has 4 rings (SSSR count). The average molecular weight is 375 g/mol. The summed E-state index contributed by atoms with van der Waals surface area (Å²) in [5, 5.41) is 11.4. The maximum Gasteiger partial charge on any atom is 0.270 e. The number of aryl methyl sites for hydroxylation is 1. The van der Waals surface area contributed by atoms with Crippen LogP contribution in [0.2, 0.25) is 0 Å². The lowest BCUT2D eigenvalue weighted by Crippen LogP contribution is -2.31. The SMILES string of the molecule is Cc1ccnn1CC(C)CNC(=O)c1cc(-c2ccccc2)nc2ncnn12. The van der Waals surface area contributed by atoms with Gasteiger partial charge in [0.1, 0.15) is 12.0 Å². The van der Waals surface area contributed by atoms with E-state index >= 15 is 0 Å². The van der Waals surface area contributed by atoms with Crippen LogP contribution in [0.4, 0.5) is 0 Å². The van der Waals surface area contributed by atoms with Crippen LogP contribution in [0.1, 0.15) is 23.1 Å². The molecule has 0 spiro atoms. The molecule has 4 aromatic rings. The molecule has 1 unspecified atom stereocenters. The molecule has 0 fully saturated rings. The predicted octanol–water partition coefficient (Wildman–Crippen LogP) is 2.36. The van der Waals surface area contributed by atoms with Gasteiger partial charge in [0.25, 0.3) is 11.7 Å². The van der Waals surface area contributed by atoms with Crippen LogP contribution in [0.3, 0.4) is 0 Å². The molecular formula is C20H21N7O. The third-order valence-corrected chi connectivity index (χ3v) is 4.58. The van der Waals surface area contributed by atoms with Crippen molar-refractivity contribution in [2.24, 2.45) is 5.92 Å². The van der Waals surface area contributed by atoms with Crippen molar-refractivity contribution in [3.05, 3.63) is 66.4 Å². The van der Waals surface area contributed by atoms with E-state index in [0.29, 0.717) is 23.7 Å². The number of nitrogens with one attached hydrogen (secondary N) is 1. The summed E-state index contributed by atoms with van der Waals surface area (Å²) in [5.41, 5.74) is 3.11. The fraction of sp³-hybridized carbons (Fsp3) is 0.250. The predicted molar refractivity (Wildman–Crippen MR) is 105 cm³/mol. The number of carbonyl (C=O) groups excluding carboxylic acids is 1. The first-order chi connectivity index (χ1) is 13.6. The van der Waals surface area contributed by atoms with Crippen molar-refractivity contribution in [3.63, 3.8) is 0 Å². The largest absolute Gasteiger partial charge is 0.350 e. The summed E-state index contributed by atoms with van der Waals surface area (Å²) in [6.07, 6.45) is 3.18. The molecule has 0 aliphatic heterocycles. The summed E-state index contributed by atoms with van der Waals surface area (Å²) in [7, 11) is 0. The van der Waals surface area contributed by atoms with Gasteiger partial charge in [-0.25, -0.2) is 4.98 Å². The van der Waals surface area contributed by atoms with Gasteiger partial charge in [0.2, 0.25) is 0 Å². The minimum Gasteiger partial charge on any atom is -0.350 e. The topological polar surface area (TPSA) is 90.0 Å². The molecule has 1 amide bonds. The quantitative estimate of drug-likeness (QED) is 0.559. The number of amides is 1. The molecule has 0 saturated carbocycles. The molecular weight excluding hydrogens is 354 g/mol. The Hall–Kier alpha value is -3.55. The van der Waals surface area contributed by atoms with E-state index < -0.39 is 0 Å². The first kappa shape index (κ1) is 17.8. The molecule has 142 valence electrons. The number of nitrogens with zero attached hydrogens (tertiary/aromatic N) is 6. The van der Waals surface area contributed by atoms with Crippen molar-refractivity contribution >= 4 is 11.7 Å². The molecule has 0 aliphatic rings. The van der Waals surface area contributed by atoms with Gasteiger partial charge in [-0.2, -0.15) is 19.7 Å². The summed E-state index contributed by atoms with van der Waals surface area (Å²) in [5.74, 6) is 0.412. The van der Waals surface area contributed by atoms with E-state index in [4.69, 9.17) is 0 Å². The van der Waals surface area contributed by atoms with Gasteiger partial charge >= 0.3 is 0 Å². The molecule has 0 radical (unpaired) electrons. The van der Waals surface area contributed by atoms with Crippen LogP contribution in [0.25, 0.3) is 17.0 Å². The van der Waals surface area contributed by atoms with Gasteiger partial charge in [0, 0.05) is 30.5 Å². The maximum atomic E-state index is 12.9. The molecule has 0 aliphatic carbocycles. The van der Waals surface area contributed by atoms with Crippen molar-refractivity contribution in [1.82, 2.24) is 34.7 Å². The minimum absolute atomic E-state index is 0.209. The maximum absolute atomic E-state index is 12.9. The van der Waals surface area contributed by atoms with Gasteiger partial charge in [0.05, 0.1) is 5.69 Å². The third kappa shape index (κ3) is 3.62. The van der Waals surface area contributed by atoms with E-state index in [1.54, 1.807) is 12.3 Å². The average Bonchev–Trinajstić information content (AvgIpc) is 3.35. The summed E-state index contributed by atoms with van der Waals surface area (Å²) in [6.45, 7) is 5.36. The second kappa shape index (κ2) is 7.59. The zero-order chi connectivity index (χ0) is 19.5. The number of benzene rings is 1. The second-order valence-electron chi connectivity index (χ2n) is 6.83. The summed E-state index contributed by atoms with van der Waals surface area (Å²) >= 11 is 0. The Labute approximate surface area is 162 Å². The lowest BCUT2D eigenvalue weighted by atomic mass is 10.1. The van der Waals surface area contributed by atoms with E-state index in [2.05, 4.69) is 32.4 Å². The van der Waals surface area contributed by atoms with Gasteiger partial charge in [-0.15, -0.1) is 0 Å². The van der Waals surface area contributed by atoms with Crippen molar-refractivity contribution in [2.45, 2.75) is 20.4 Å². The minimum atomic E-state index is -0.209. The summed E-state index contributed by atoms with van der Waals surface area (Å²) in [6, 6.07) is 13.4. The van der Waals surface area contributed by atoms with Crippen LogP contribution in [-0.2, 0) is 6.54 Å².